The Hall–Kier alpha value is -2.88. The van der Waals surface area contributed by atoms with Gasteiger partial charge in [-0.3, -0.25) is 0 Å². The maximum Gasteiger partial charge on any atom is 0.339 e. The van der Waals surface area contributed by atoms with Crippen molar-refractivity contribution in [3.63, 3.8) is 0 Å². The van der Waals surface area contributed by atoms with E-state index in [-0.39, 0.29) is 0 Å². The average molecular weight is 321 g/mol. The summed E-state index contributed by atoms with van der Waals surface area (Å²) in [4.78, 5) is 16.8. The molecule has 0 spiro atoms. The molecular weight excluding hydrogens is 302 g/mol. The number of aromatic nitrogens is 1. The van der Waals surface area contributed by atoms with Crippen molar-refractivity contribution in [2.75, 3.05) is 0 Å². The van der Waals surface area contributed by atoms with E-state index in [1.807, 2.05) is 57.2 Å². The van der Waals surface area contributed by atoms with E-state index in [0.717, 1.165) is 5.56 Å². The molecule has 0 saturated carbocycles. The molecule has 0 N–H and O–H groups in total. The molecule has 2 aromatic carbocycles. The van der Waals surface area contributed by atoms with Gasteiger partial charge in [-0.25, -0.2) is 9.78 Å². The first-order valence-corrected chi connectivity index (χ1v) is 7.78. The molecule has 122 valence electrons. The van der Waals surface area contributed by atoms with Crippen LogP contribution in [0.25, 0.3) is 22.8 Å². The van der Waals surface area contributed by atoms with Crippen molar-refractivity contribution >= 4 is 5.97 Å². The molecule has 1 aromatic heterocycles. The standard InChI is InChI=1S/C20H19NO3/c1-20(2,3)24-19(22)16-12-8-7-11-15(16)18-21-13-17(23-18)14-9-5-4-6-10-14/h4-13H,1-3H3. The molecule has 3 rings (SSSR count). The van der Waals surface area contributed by atoms with Crippen LogP contribution in [0.3, 0.4) is 0 Å². The van der Waals surface area contributed by atoms with Crippen molar-refractivity contribution in [3.05, 3.63) is 66.4 Å². The van der Waals surface area contributed by atoms with Crippen molar-refractivity contribution < 1.29 is 13.9 Å². The van der Waals surface area contributed by atoms with Gasteiger partial charge in [0, 0.05) is 5.56 Å². The zero-order valence-corrected chi connectivity index (χ0v) is 13.9. The average Bonchev–Trinajstić information content (AvgIpc) is 3.04. The molecule has 0 aliphatic carbocycles. The number of benzene rings is 2. The topological polar surface area (TPSA) is 52.3 Å². The zero-order valence-electron chi connectivity index (χ0n) is 13.9. The van der Waals surface area contributed by atoms with Gasteiger partial charge in [-0.2, -0.15) is 0 Å². The van der Waals surface area contributed by atoms with Crippen molar-refractivity contribution in [1.82, 2.24) is 4.98 Å². The summed E-state index contributed by atoms with van der Waals surface area (Å²) in [5, 5.41) is 0. The lowest BCUT2D eigenvalue weighted by Gasteiger charge is -2.20. The fraction of sp³-hybridized carbons (Fsp3) is 0.200. The summed E-state index contributed by atoms with van der Waals surface area (Å²) in [7, 11) is 0. The van der Waals surface area contributed by atoms with E-state index in [0.29, 0.717) is 22.8 Å². The molecule has 4 nitrogen and oxygen atoms in total. The van der Waals surface area contributed by atoms with E-state index >= 15 is 0 Å². The number of rotatable bonds is 3. The van der Waals surface area contributed by atoms with Gasteiger partial charge in [0.1, 0.15) is 5.60 Å². The normalized spacial score (nSPS) is 11.3. The van der Waals surface area contributed by atoms with Crippen LogP contribution in [0.15, 0.2) is 65.2 Å². The number of carbonyl (C=O) groups excluding carboxylic acids is 1. The Balaban J connectivity index is 1.96. The highest BCUT2D eigenvalue weighted by atomic mass is 16.6. The maximum atomic E-state index is 12.4. The van der Waals surface area contributed by atoms with E-state index in [1.165, 1.54) is 0 Å². The molecule has 0 aliphatic rings. The minimum absolute atomic E-state index is 0.391. The molecule has 0 radical (unpaired) electrons. The Morgan fingerprint density at radius 2 is 1.67 bits per heavy atom. The summed E-state index contributed by atoms with van der Waals surface area (Å²) >= 11 is 0. The summed E-state index contributed by atoms with van der Waals surface area (Å²) in [6, 6.07) is 16.9. The van der Waals surface area contributed by atoms with Crippen LogP contribution >= 0.6 is 0 Å². The molecule has 1 heterocycles. The molecule has 0 bridgehead atoms. The molecule has 0 atom stereocenters. The molecular formula is C20H19NO3. The Morgan fingerprint density at radius 1 is 1.00 bits per heavy atom. The highest BCUT2D eigenvalue weighted by Gasteiger charge is 2.22. The highest BCUT2D eigenvalue weighted by molar-refractivity contribution is 5.96. The zero-order chi connectivity index (χ0) is 17.2. The monoisotopic (exact) mass is 321 g/mol. The minimum Gasteiger partial charge on any atom is -0.456 e. The second kappa shape index (κ2) is 6.32. The van der Waals surface area contributed by atoms with Gasteiger partial charge in [0.2, 0.25) is 5.89 Å². The molecule has 0 amide bonds. The lowest BCUT2D eigenvalue weighted by Crippen LogP contribution is -2.24. The minimum atomic E-state index is -0.560. The van der Waals surface area contributed by atoms with Gasteiger partial charge in [-0.15, -0.1) is 0 Å². The molecule has 0 unspecified atom stereocenters. The maximum absolute atomic E-state index is 12.4. The molecule has 0 saturated heterocycles. The second-order valence-corrected chi connectivity index (χ2v) is 6.44. The van der Waals surface area contributed by atoms with E-state index in [9.17, 15) is 4.79 Å². The number of esters is 1. The first-order valence-electron chi connectivity index (χ1n) is 7.78. The van der Waals surface area contributed by atoms with Crippen molar-refractivity contribution in [3.8, 4) is 22.8 Å². The quantitative estimate of drug-likeness (QED) is 0.640. The van der Waals surface area contributed by atoms with Gasteiger partial charge < -0.3 is 9.15 Å². The first-order chi connectivity index (χ1) is 11.4. The van der Waals surface area contributed by atoms with Crippen molar-refractivity contribution in [2.24, 2.45) is 0 Å². The SMILES string of the molecule is CC(C)(C)OC(=O)c1ccccc1-c1ncc(-c2ccccc2)o1. The Labute approximate surface area is 141 Å². The molecule has 24 heavy (non-hydrogen) atoms. The number of ether oxygens (including phenoxy) is 1. The summed E-state index contributed by atoms with van der Waals surface area (Å²) in [5.41, 5.74) is 1.43. The van der Waals surface area contributed by atoms with Crippen LogP contribution in [0.1, 0.15) is 31.1 Å². The van der Waals surface area contributed by atoms with Gasteiger partial charge in [0.15, 0.2) is 5.76 Å². The highest BCUT2D eigenvalue weighted by Crippen LogP contribution is 2.29. The predicted molar refractivity (Wildman–Crippen MR) is 92.5 cm³/mol. The number of hydrogen-bond acceptors (Lipinski definition) is 4. The third kappa shape index (κ3) is 3.54. The first kappa shape index (κ1) is 16.0. The van der Waals surface area contributed by atoms with E-state index in [4.69, 9.17) is 9.15 Å². The number of nitrogens with zero attached hydrogens (tertiary/aromatic N) is 1. The predicted octanol–water partition coefficient (Wildman–Crippen LogP) is 4.96. The van der Waals surface area contributed by atoms with Crippen molar-refractivity contribution in [2.45, 2.75) is 26.4 Å². The van der Waals surface area contributed by atoms with Crippen LogP contribution < -0.4 is 0 Å². The van der Waals surface area contributed by atoms with Crippen molar-refractivity contribution in [1.29, 1.82) is 0 Å². The van der Waals surface area contributed by atoms with Crippen LogP contribution in [0.2, 0.25) is 0 Å². The largest absolute Gasteiger partial charge is 0.456 e. The lowest BCUT2D eigenvalue weighted by molar-refractivity contribution is 0.00702. The van der Waals surface area contributed by atoms with Crippen LogP contribution in [-0.2, 0) is 4.74 Å². The summed E-state index contributed by atoms with van der Waals surface area (Å²) in [5.74, 6) is 0.664. The second-order valence-electron chi connectivity index (χ2n) is 6.44. The molecule has 0 fully saturated rings. The van der Waals surface area contributed by atoms with Gasteiger partial charge in [-0.05, 0) is 32.9 Å². The summed E-state index contributed by atoms with van der Waals surface area (Å²) in [6.07, 6.45) is 1.66. The van der Waals surface area contributed by atoms with Crippen LogP contribution in [0.4, 0.5) is 0 Å². The Morgan fingerprint density at radius 3 is 2.38 bits per heavy atom. The van der Waals surface area contributed by atoms with Gasteiger partial charge in [-0.1, -0.05) is 42.5 Å². The van der Waals surface area contributed by atoms with Gasteiger partial charge in [0.05, 0.1) is 17.3 Å². The van der Waals surface area contributed by atoms with E-state index in [2.05, 4.69) is 4.98 Å². The number of oxazole rings is 1. The fourth-order valence-corrected chi connectivity index (χ4v) is 2.32. The summed E-state index contributed by atoms with van der Waals surface area (Å²) in [6.45, 7) is 5.52. The Kier molecular flexibility index (Phi) is 4.21. The van der Waals surface area contributed by atoms with Gasteiger partial charge >= 0.3 is 5.97 Å². The Bertz CT molecular complexity index is 845. The third-order valence-corrected chi connectivity index (χ3v) is 3.34. The molecule has 0 aliphatic heterocycles. The van der Waals surface area contributed by atoms with E-state index in [1.54, 1.807) is 24.4 Å². The molecule has 4 heteroatoms. The van der Waals surface area contributed by atoms with Crippen LogP contribution in [-0.4, -0.2) is 16.6 Å². The lowest BCUT2D eigenvalue weighted by atomic mass is 10.1. The van der Waals surface area contributed by atoms with Crippen LogP contribution in [0.5, 0.6) is 0 Å². The number of hydrogen-bond donors (Lipinski definition) is 0. The van der Waals surface area contributed by atoms with E-state index < -0.39 is 11.6 Å². The van der Waals surface area contributed by atoms with Gasteiger partial charge in [0.25, 0.3) is 0 Å². The third-order valence-electron chi connectivity index (χ3n) is 3.34. The fourth-order valence-electron chi connectivity index (χ4n) is 2.32. The smallest absolute Gasteiger partial charge is 0.339 e. The van der Waals surface area contributed by atoms with Crippen LogP contribution in [0, 0.1) is 0 Å². The molecule has 3 aromatic rings. The summed E-state index contributed by atoms with van der Waals surface area (Å²) < 4.78 is 11.3. The number of carbonyl (C=O) groups is 1.